The smallest absolute Gasteiger partial charge is 0.154 e. The van der Waals surface area contributed by atoms with Crippen molar-refractivity contribution in [3.8, 4) is 0 Å². The van der Waals surface area contributed by atoms with Crippen molar-refractivity contribution in [1.29, 1.82) is 0 Å². The SMILES string of the molecule is O=C1CC(=O)CN(CCN2CCOCCN(CCN3CC(=O)CC(=O)C3)CCOCC2)C1. The van der Waals surface area contributed by atoms with Gasteiger partial charge >= 0.3 is 0 Å². The van der Waals surface area contributed by atoms with E-state index in [9.17, 15) is 19.2 Å². The molecule has 0 atom stereocenters. The van der Waals surface area contributed by atoms with Crippen molar-refractivity contribution >= 4 is 23.1 Å². The Morgan fingerprint density at radius 1 is 0.469 bits per heavy atom. The number of carbonyl (C=O) groups excluding carboxylic acids is 4. The van der Waals surface area contributed by atoms with Crippen molar-refractivity contribution in [2.45, 2.75) is 12.8 Å². The van der Waals surface area contributed by atoms with Gasteiger partial charge in [0.1, 0.15) is 0 Å². The van der Waals surface area contributed by atoms with Gasteiger partial charge in [0, 0.05) is 52.4 Å². The number of likely N-dealkylation sites (tertiary alicyclic amines) is 2. The van der Waals surface area contributed by atoms with E-state index in [4.69, 9.17) is 9.47 Å². The molecule has 3 rings (SSSR count). The average molecular weight is 453 g/mol. The molecule has 0 bridgehead atoms. The van der Waals surface area contributed by atoms with Gasteiger partial charge in [-0.05, 0) is 0 Å². The first-order valence-corrected chi connectivity index (χ1v) is 11.6. The van der Waals surface area contributed by atoms with Gasteiger partial charge in [0.15, 0.2) is 23.1 Å². The van der Waals surface area contributed by atoms with Crippen LogP contribution >= 0.6 is 0 Å². The lowest BCUT2D eigenvalue weighted by atomic mass is 10.1. The summed E-state index contributed by atoms with van der Waals surface area (Å²) in [7, 11) is 0. The first-order valence-electron chi connectivity index (χ1n) is 11.6. The molecule has 0 radical (unpaired) electrons. The zero-order valence-corrected chi connectivity index (χ0v) is 19.0. The van der Waals surface area contributed by atoms with Gasteiger partial charge in [-0.2, -0.15) is 0 Å². The molecule has 0 aromatic heterocycles. The van der Waals surface area contributed by atoms with E-state index < -0.39 is 0 Å². The summed E-state index contributed by atoms with van der Waals surface area (Å²) >= 11 is 0. The number of Topliss-reactive ketones (excluding diaryl/α,β-unsaturated/α-hetero) is 4. The Bertz CT molecular complexity index is 573. The molecule has 0 amide bonds. The standard InChI is InChI=1S/C22H36N4O6/c27-19-13-20(28)16-25(15-19)3-1-23-5-9-31-11-7-24(8-12-32-10-6-23)2-4-26-17-21(29)14-22(30)18-26/h1-18H2. The fourth-order valence-electron chi connectivity index (χ4n) is 4.30. The Hall–Kier alpha value is -1.56. The van der Waals surface area contributed by atoms with Gasteiger partial charge in [0.05, 0.1) is 65.4 Å². The van der Waals surface area contributed by atoms with Crippen molar-refractivity contribution in [2.24, 2.45) is 0 Å². The summed E-state index contributed by atoms with van der Waals surface area (Å²) in [5, 5.41) is 0. The topological polar surface area (TPSA) is 99.7 Å². The van der Waals surface area contributed by atoms with Crippen LogP contribution in [0.1, 0.15) is 12.8 Å². The molecule has 0 spiro atoms. The first kappa shape index (κ1) is 25.1. The molecule has 3 aliphatic heterocycles. The maximum atomic E-state index is 11.6. The van der Waals surface area contributed by atoms with Crippen LogP contribution < -0.4 is 0 Å². The minimum atomic E-state index is 0.00430. The molecule has 3 heterocycles. The quantitative estimate of drug-likeness (QED) is 0.435. The van der Waals surface area contributed by atoms with E-state index in [1.54, 1.807) is 0 Å². The molecular weight excluding hydrogens is 416 g/mol. The second-order valence-electron chi connectivity index (χ2n) is 8.84. The normalized spacial score (nSPS) is 25.0. The number of ether oxygens (including phenoxy) is 2. The van der Waals surface area contributed by atoms with Gasteiger partial charge < -0.3 is 9.47 Å². The molecule has 3 fully saturated rings. The first-order chi connectivity index (χ1) is 15.5. The Balaban J connectivity index is 1.36. The van der Waals surface area contributed by atoms with E-state index in [1.807, 2.05) is 9.80 Å². The molecule has 0 aromatic rings. The van der Waals surface area contributed by atoms with Crippen molar-refractivity contribution in [2.75, 3.05) is 105 Å². The van der Waals surface area contributed by atoms with Gasteiger partial charge in [0.2, 0.25) is 0 Å². The maximum Gasteiger partial charge on any atom is 0.154 e. The molecule has 32 heavy (non-hydrogen) atoms. The Morgan fingerprint density at radius 2 is 0.750 bits per heavy atom. The average Bonchev–Trinajstić information content (AvgIpc) is 2.71. The van der Waals surface area contributed by atoms with Crippen LogP contribution in [0.5, 0.6) is 0 Å². The number of hydrogen-bond donors (Lipinski definition) is 0. The zero-order chi connectivity index (χ0) is 22.8. The van der Waals surface area contributed by atoms with E-state index in [-0.39, 0.29) is 36.0 Å². The Morgan fingerprint density at radius 3 is 1.06 bits per heavy atom. The van der Waals surface area contributed by atoms with E-state index in [0.29, 0.717) is 65.7 Å². The highest BCUT2D eigenvalue weighted by Crippen LogP contribution is 2.05. The maximum absolute atomic E-state index is 11.6. The molecule has 10 nitrogen and oxygen atoms in total. The molecular formula is C22H36N4O6. The molecule has 0 aliphatic carbocycles. The third kappa shape index (κ3) is 9.13. The van der Waals surface area contributed by atoms with Crippen LogP contribution in [-0.2, 0) is 28.7 Å². The molecule has 180 valence electrons. The molecule has 3 saturated heterocycles. The summed E-state index contributed by atoms with van der Waals surface area (Å²) in [4.78, 5) is 54.9. The largest absolute Gasteiger partial charge is 0.379 e. The molecule has 0 saturated carbocycles. The lowest BCUT2D eigenvalue weighted by Crippen LogP contribution is -2.46. The van der Waals surface area contributed by atoms with E-state index in [0.717, 1.165) is 39.3 Å². The highest BCUT2D eigenvalue weighted by Gasteiger charge is 2.24. The van der Waals surface area contributed by atoms with E-state index in [1.165, 1.54) is 0 Å². The third-order valence-electron chi connectivity index (χ3n) is 6.06. The summed E-state index contributed by atoms with van der Waals surface area (Å²) in [5.74, 6) is 0.0172. The van der Waals surface area contributed by atoms with Crippen molar-refractivity contribution < 1.29 is 28.7 Å². The highest BCUT2D eigenvalue weighted by atomic mass is 16.5. The Labute approximate surface area is 189 Å². The minimum Gasteiger partial charge on any atom is -0.379 e. The van der Waals surface area contributed by atoms with E-state index in [2.05, 4.69) is 9.80 Å². The third-order valence-corrected chi connectivity index (χ3v) is 6.06. The number of ketones is 4. The van der Waals surface area contributed by atoms with Gasteiger partial charge in [-0.15, -0.1) is 0 Å². The van der Waals surface area contributed by atoms with Crippen LogP contribution in [0, 0.1) is 0 Å². The summed E-state index contributed by atoms with van der Waals surface area (Å²) in [6, 6.07) is 0. The van der Waals surface area contributed by atoms with Crippen LogP contribution in [0.3, 0.4) is 0 Å². The van der Waals surface area contributed by atoms with Crippen molar-refractivity contribution in [3.63, 3.8) is 0 Å². The van der Waals surface area contributed by atoms with Crippen LogP contribution in [-0.4, -0.2) is 148 Å². The van der Waals surface area contributed by atoms with Crippen molar-refractivity contribution in [3.05, 3.63) is 0 Å². The minimum absolute atomic E-state index is 0.00430. The van der Waals surface area contributed by atoms with E-state index >= 15 is 0 Å². The fourth-order valence-corrected chi connectivity index (χ4v) is 4.30. The van der Waals surface area contributed by atoms with Crippen LogP contribution in [0.25, 0.3) is 0 Å². The molecule has 0 aromatic carbocycles. The lowest BCUT2D eigenvalue weighted by molar-refractivity contribution is -0.134. The van der Waals surface area contributed by atoms with Gasteiger partial charge in [0.25, 0.3) is 0 Å². The summed E-state index contributed by atoms with van der Waals surface area (Å²) < 4.78 is 11.7. The Kier molecular flexibility index (Phi) is 10.4. The zero-order valence-electron chi connectivity index (χ0n) is 19.0. The summed E-state index contributed by atoms with van der Waals surface area (Å²) in [5.41, 5.74) is 0. The predicted octanol–water partition coefficient (Wildman–Crippen LogP) is -1.67. The van der Waals surface area contributed by atoms with Crippen LogP contribution in [0.4, 0.5) is 0 Å². The fraction of sp³-hybridized carbons (Fsp3) is 0.818. The number of carbonyl (C=O) groups is 4. The summed E-state index contributed by atoms with van der Waals surface area (Å²) in [6.45, 7) is 9.92. The van der Waals surface area contributed by atoms with Crippen LogP contribution in [0.2, 0.25) is 0 Å². The van der Waals surface area contributed by atoms with Gasteiger partial charge in [-0.1, -0.05) is 0 Å². The second kappa shape index (κ2) is 13.2. The second-order valence-corrected chi connectivity index (χ2v) is 8.84. The van der Waals surface area contributed by atoms with Gasteiger partial charge in [-0.3, -0.25) is 38.8 Å². The lowest BCUT2D eigenvalue weighted by Gasteiger charge is -2.30. The highest BCUT2D eigenvalue weighted by molar-refractivity contribution is 6.03. The molecule has 0 N–H and O–H groups in total. The monoisotopic (exact) mass is 452 g/mol. The van der Waals surface area contributed by atoms with Crippen LogP contribution in [0.15, 0.2) is 0 Å². The number of hydrogen-bond acceptors (Lipinski definition) is 10. The molecule has 10 heteroatoms. The predicted molar refractivity (Wildman–Crippen MR) is 117 cm³/mol. The summed E-state index contributed by atoms with van der Waals surface area (Å²) in [6.07, 6.45) is 0.153. The molecule has 3 aliphatic rings. The molecule has 0 unspecified atom stereocenters. The number of piperidine rings is 2. The number of nitrogens with zero attached hydrogens (tertiary/aromatic N) is 4. The van der Waals surface area contributed by atoms with Crippen molar-refractivity contribution in [1.82, 2.24) is 19.6 Å². The number of rotatable bonds is 6. The van der Waals surface area contributed by atoms with Gasteiger partial charge in [-0.25, -0.2) is 0 Å².